The van der Waals surface area contributed by atoms with Crippen molar-refractivity contribution < 1.29 is 8.42 Å². The van der Waals surface area contributed by atoms with Crippen molar-refractivity contribution in [2.75, 3.05) is 0 Å². The number of halogens is 1. The molecule has 0 spiro atoms. The summed E-state index contributed by atoms with van der Waals surface area (Å²) in [6.07, 6.45) is 1.38. The lowest BCUT2D eigenvalue weighted by molar-refractivity contribution is 0.580. The van der Waals surface area contributed by atoms with Gasteiger partial charge in [0.1, 0.15) is 4.90 Å². The van der Waals surface area contributed by atoms with E-state index in [0.29, 0.717) is 0 Å². The molecule has 1 aromatic carbocycles. The molecular weight excluding hydrogens is 332 g/mol. The van der Waals surface area contributed by atoms with E-state index in [1.165, 1.54) is 18.3 Å². The van der Waals surface area contributed by atoms with E-state index in [-0.39, 0.29) is 11.4 Å². The van der Waals surface area contributed by atoms with Crippen LogP contribution in [0, 0.1) is 0 Å². The summed E-state index contributed by atoms with van der Waals surface area (Å²) in [6.45, 7) is 0.121. The van der Waals surface area contributed by atoms with Crippen molar-refractivity contribution in [2.24, 2.45) is 0 Å². The Bertz CT molecular complexity index is 740. The number of benzene rings is 1. The fraction of sp³-hybridized carbons (Fsp3) is 0.0833. The van der Waals surface area contributed by atoms with Crippen LogP contribution in [0.1, 0.15) is 5.56 Å². The van der Waals surface area contributed by atoms with E-state index in [9.17, 15) is 13.2 Å². The average molecular weight is 343 g/mol. The van der Waals surface area contributed by atoms with Gasteiger partial charge in [0.2, 0.25) is 10.0 Å². The summed E-state index contributed by atoms with van der Waals surface area (Å²) >= 11 is 3.31. The normalized spacial score (nSPS) is 11.4. The molecule has 0 bridgehead atoms. The number of aromatic nitrogens is 1. The van der Waals surface area contributed by atoms with Gasteiger partial charge in [-0.15, -0.1) is 0 Å². The molecule has 2 N–H and O–H groups in total. The highest BCUT2D eigenvalue weighted by Crippen LogP contribution is 2.12. The first-order valence-corrected chi connectivity index (χ1v) is 7.68. The second kappa shape index (κ2) is 5.68. The minimum atomic E-state index is -3.81. The molecule has 1 heterocycles. The Morgan fingerprint density at radius 2 is 2.00 bits per heavy atom. The molecule has 5 nitrogen and oxygen atoms in total. The molecule has 0 aliphatic rings. The second-order valence-electron chi connectivity index (χ2n) is 3.82. The van der Waals surface area contributed by atoms with Gasteiger partial charge in [0.15, 0.2) is 0 Å². The summed E-state index contributed by atoms with van der Waals surface area (Å²) in [5, 5.41) is 0. The lowest BCUT2D eigenvalue weighted by Crippen LogP contribution is -2.28. The molecule has 2 aromatic rings. The highest BCUT2D eigenvalue weighted by atomic mass is 79.9. The number of H-pyrrole nitrogens is 1. The summed E-state index contributed by atoms with van der Waals surface area (Å²) < 4.78 is 27.2. The van der Waals surface area contributed by atoms with Gasteiger partial charge < -0.3 is 4.98 Å². The van der Waals surface area contributed by atoms with Crippen molar-refractivity contribution in [3.63, 3.8) is 0 Å². The molecule has 19 heavy (non-hydrogen) atoms. The molecule has 2 rings (SSSR count). The fourth-order valence-electron chi connectivity index (χ4n) is 1.52. The quantitative estimate of drug-likeness (QED) is 0.885. The predicted octanol–water partition coefficient (Wildman–Crippen LogP) is 1.62. The molecule has 0 atom stereocenters. The summed E-state index contributed by atoms with van der Waals surface area (Å²) in [5.74, 6) is 0. The number of pyridine rings is 1. The number of rotatable bonds is 4. The SMILES string of the molecule is O=c1[nH]cccc1S(=O)(=O)NCc1cccc(Br)c1. The minimum Gasteiger partial charge on any atom is -0.328 e. The van der Waals surface area contributed by atoms with Gasteiger partial charge in [-0.25, -0.2) is 13.1 Å². The smallest absolute Gasteiger partial charge is 0.268 e. The van der Waals surface area contributed by atoms with Gasteiger partial charge in [0, 0.05) is 17.2 Å². The molecule has 0 fully saturated rings. The third-order valence-electron chi connectivity index (χ3n) is 2.43. The van der Waals surface area contributed by atoms with Crippen molar-refractivity contribution in [1.29, 1.82) is 0 Å². The van der Waals surface area contributed by atoms with Crippen LogP contribution in [0.4, 0.5) is 0 Å². The third-order valence-corrected chi connectivity index (χ3v) is 4.35. The van der Waals surface area contributed by atoms with E-state index >= 15 is 0 Å². The molecule has 0 saturated carbocycles. The van der Waals surface area contributed by atoms with Crippen molar-refractivity contribution >= 4 is 26.0 Å². The maximum Gasteiger partial charge on any atom is 0.268 e. The number of hydrogen-bond donors (Lipinski definition) is 2. The number of sulfonamides is 1. The molecule has 0 aliphatic heterocycles. The van der Waals surface area contributed by atoms with Gasteiger partial charge >= 0.3 is 0 Å². The maximum atomic E-state index is 12.0. The molecule has 7 heteroatoms. The summed E-state index contributed by atoms with van der Waals surface area (Å²) in [6, 6.07) is 9.99. The first-order valence-electron chi connectivity index (χ1n) is 5.41. The van der Waals surface area contributed by atoms with Crippen LogP contribution >= 0.6 is 15.9 Å². The van der Waals surface area contributed by atoms with Crippen LogP contribution in [0.5, 0.6) is 0 Å². The predicted molar refractivity (Wildman–Crippen MR) is 75.2 cm³/mol. The second-order valence-corrected chi connectivity index (χ2v) is 6.47. The molecule has 0 radical (unpaired) electrons. The van der Waals surface area contributed by atoms with E-state index in [2.05, 4.69) is 25.6 Å². The Balaban J connectivity index is 2.19. The topological polar surface area (TPSA) is 79.0 Å². The van der Waals surface area contributed by atoms with Crippen molar-refractivity contribution in [1.82, 2.24) is 9.71 Å². The highest BCUT2D eigenvalue weighted by Gasteiger charge is 2.17. The van der Waals surface area contributed by atoms with Crippen LogP contribution in [0.25, 0.3) is 0 Å². The van der Waals surface area contributed by atoms with E-state index in [4.69, 9.17) is 0 Å². The highest BCUT2D eigenvalue weighted by molar-refractivity contribution is 9.10. The van der Waals surface area contributed by atoms with Gasteiger partial charge in [-0.3, -0.25) is 4.79 Å². The monoisotopic (exact) mass is 342 g/mol. The standard InChI is InChI=1S/C12H11BrN2O3S/c13-10-4-1-3-9(7-10)8-15-19(17,18)11-5-2-6-14-12(11)16/h1-7,15H,8H2,(H,14,16). The van der Waals surface area contributed by atoms with Gasteiger partial charge in [0.05, 0.1) is 0 Å². The Kier molecular flexibility index (Phi) is 4.18. The Morgan fingerprint density at radius 3 is 2.68 bits per heavy atom. The first kappa shape index (κ1) is 14.0. The van der Waals surface area contributed by atoms with Gasteiger partial charge in [0.25, 0.3) is 5.56 Å². The largest absolute Gasteiger partial charge is 0.328 e. The number of nitrogens with one attached hydrogen (secondary N) is 2. The summed E-state index contributed by atoms with van der Waals surface area (Å²) in [4.78, 5) is 13.5. The average Bonchev–Trinajstić information content (AvgIpc) is 2.37. The van der Waals surface area contributed by atoms with Gasteiger partial charge in [-0.05, 0) is 29.8 Å². The van der Waals surface area contributed by atoms with Crippen molar-refractivity contribution in [3.8, 4) is 0 Å². The summed E-state index contributed by atoms with van der Waals surface area (Å²) in [5.41, 5.74) is 0.162. The van der Waals surface area contributed by atoms with E-state index < -0.39 is 15.6 Å². The van der Waals surface area contributed by atoms with Crippen molar-refractivity contribution in [2.45, 2.75) is 11.4 Å². The zero-order valence-corrected chi connectivity index (χ0v) is 12.2. The molecular formula is C12H11BrN2O3S. The third kappa shape index (κ3) is 3.52. The number of aromatic amines is 1. The fourth-order valence-corrected chi connectivity index (χ4v) is 3.04. The minimum absolute atomic E-state index is 0.121. The molecule has 1 aromatic heterocycles. The van der Waals surface area contributed by atoms with Crippen LogP contribution in [0.2, 0.25) is 0 Å². The zero-order valence-electron chi connectivity index (χ0n) is 9.76. The first-order chi connectivity index (χ1) is 8.99. The van der Waals surface area contributed by atoms with Crippen LogP contribution in [-0.4, -0.2) is 13.4 Å². The van der Waals surface area contributed by atoms with E-state index in [1.807, 2.05) is 12.1 Å². The Hall–Kier alpha value is -1.44. The van der Waals surface area contributed by atoms with E-state index in [1.54, 1.807) is 12.1 Å². The van der Waals surface area contributed by atoms with Crippen molar-refractivity contribution in [3.05, 3.63) is 63.0 Å². The molecule has 0 amide bonds. The zero-order chi connectivity index (χ0) is 13.9. The molecule has 0 aliphatic carbocycles. The maximum absolute atomic E-state index is 12.0. The lowest BCUT2D eigenvalue weighted by atomic mass is 10.2. The van der Waals surface area contributed by atoms with Crippen LogP contribution in [0.15, 0.2) is 56.8 Å². The van der Waals surface area contributed by atoms with Gasteiger partial charge in [-0.1, -0.05) is 28.1 Å². The molecule has 100 valence electrons. The Labute approximate surface area is 118 Å². The molecule has 0 unspecified atom stereocenters. The molecule has 0 saturated heterocycles. The van der Waals surface area contributed by atoms with Crippen LogP contribution in [0.3, 0.4) is 0 Å². The van der Waals surface area contributed by atoms with Gasteiger partial charge in [-0.2, -0.15) is 0 Å². The summed E-state index contributed by atoms with van der Waals surface area (Å²) in [7, 11) is -3.81. The van der Waals surface area contributed by atoms with E-state index in [0.717, 1.165) is 10.0 Å². The number of hydrogen-bond acceptors (Lipinski definition) is 3. The van der Waals surface area contributed by atoms with Crippen LogP contribution < -0.4 is 10.3 Å². The van der Waals surface area contributed by atoms with Crippen LogP contribution in [-0.2, 0) is 16.6 Å². The Morgan fingerprint density at radius 1 is 1.21 bits per heavy atom. The lowest BCUT2D eigenvalue weighted by Gasteiger charge is -2.06.